The molecular formula is C27H23N3OS2. The third-order valence-corrected chi connectivity index (χ3v) is 7.87. The van der Waals surface area contributed by atoms with Gasteiger partial charge in [-0.25, -0.2) is 4.99 Å². The largest absolute Gasteiger partial charge is 0.334 e. The maximum atomic E-state index is 13.4. The number of fused-ring (bicyclic) bond motifs is 1. The lowest BCUT2D eigenvalue weighted by Crippen LogP contribution is -2.30. The molecule has 164 valence electrons. The Balaban J connectivity index is 1.48. The van der Waals surface area contributed by atoms with Gasteiger partial charge in [0.05, 0.1) is 11.4 Å². The van der Waals surface area contributed by atoms with Crippen molar-refractivity contribution in [2.45, 2.75) is 11.8 Å². The second-order valence-electron chi connectivity index (χ2n) is 7.56. The normalized spacial score (nSPS) is 18.8. The van der Waals surface area contributed by atoms with Crippen LogP contribution in [0.3, 0.4) is 0 Å². The van der Waals surface area contributed by atoms with Crippen LogP contribution in [0, 0.1) is 0 Å². The van der Waals surface area contributed by atoms with Crippen LogP contribution in [0.2, 0.25) is 0 Å². The fourth-order valence-electron chi connectivity index (χ4n) is 3.90. The van der Waals surface area contributed by atoms with Crippen molar-refractivity contribution >= 4 is 46.0 Å². The molecule has 4 nitrogen and oxygen atoms in total. The Bertz CT molecular complexity index is 1270. The monoisotopic (exact) mass is 469 g/mol. The highest BCUT2D eigenvalue weighted by atomic mass is 32.2. The van der Waals surface area contributed by atoms with Gasteiger partial charge in [0.2, 0.25) is 0 Å². The smallest absolute Gasteiger partial charge is 0.269 e. The molecule has 0 aliphatic carbocycles. The Morgan fingerprint density at radius 1 is 0.879 bits per heavy atom. The van der Waals surface area contributed by atoms with E-state index in [1.807, 2.05) is 42.5 Å². The molecule has 2 aliphatic rings. The zero-order chi connectivity index (χ0) is 22.8. The Kier molecular flexibility index (Phi) is 6.11. The number of nitrogens with zero attached hydrogens (tertiary/aromatic N) is 3. The van der Waals surface area contributed by atoms with Gasteiger partial charge in [0.1, 0.15) is 9.93 Å². The molecule has 5 rings (SSSR count). The highest BCUT2D eigenvalue weighted by molar-refractivity contribution is 8.19. The van der Waals surface area contributed by atoms with Crippen LogP contribution in [-0.2, 0) is 4.79 Å². The summed E-state index contributed by atoms with van der Waals surface area (Å²) in [7, 11) is 0. The lowest BCUT2D eigenvalue weighted by molar-refractivity contribution is -0.121. The number of para-hydroxylation sites is 1. The summed E-state index contributed by atoms with van der Waals surface area (Å²) in [4.78, 5) is 24.1. The minimum absolute atomic E-state index is 0.0201. The summed E-state index contributed by atoms with van der Waals surface area (Å²) in [6.07, 6.45) is 1.74. The predicted octanol–water partition coefficient (Wildman–Crippen LogP) is 6.90. The molecule has 3 aromatic rings. The van der Waals surface area contributed by atoms with Crippen molar-refractivity contribution in [3.8, 4) is 11.1 Å². The van der Waals surface area contributed by atoms with Crippen molar-refractivity contribution in [3.05, 3.63) is 101 Å². The molecule has 1 amide bonds. The van der Waals surface area contributed by atoms with Crippen molar-refractivity contribution in [2.75, 3.05) is 18.0 Å². The number of hydrogen-bond acceptors (Lipinski definition) is 5. The van der Waals surface area contributed by atoms with Crippen LogP contribution in [0.15, 0.2) is 111 Å². The lowest BCUT2D eigenvalue weighted by atomic mass is 10.1. The molecule has 2 heterocycles. The fourth-order valence-corrected chi connectivity index (χ4v) is 6.30. The second-order valence-corrected chi connectivity index (χ2v) is 9.57. The Morgan fingerprint density at radius 2 is 1.58 bits per heavy atom. The van der Waals surface area contributed by atoms with E-state index < -0.39 is 0 Å². The van der Waals surface area contributed by atoms with E-state index in [4.69, 9.17) is 4.99 Å². The van der Waals surface area contributed by atoms with Crippen molar-refractivity contribution in [2.24, 2.45) is 4.99 Å². The molecule has 0 unspecified atom stereocenters. The fraction of sp³-hybridized carbons (Fsp3) is 0.111. The lowest BCUT2D eigenvalue weighted by Gasteiger charge is -2.19. The van der Waals surface area contributed by atoms with E-state index in [-0.39, 0.29) is 5.91 Å². The first-order valence-corrected chi connectivity index (χ1v) is 12.5. The molecule has 0 N–H and O–H groups in total. The summed E-state index contributed by atoms with van der Waals surface area (Å²) in [5.41, 5.74) is 4.28. The van der Waals surface area contributed by atoms with Gasteiger partial charge in [-0.15, -0.1) is 6.58 Å². The third kappa shape index (κ3) is 4.12. The maximum absolute atomic E-state index is 13.4. The van der Waals surface area contributed by atoms with Crippen molar-refractivity contribution in [1.29, 1.82) is 0 Å². The van der Waals surface area contributed by atoms with Gasteiger partial charge in [-0.3, -0.25) is 9.69 Å². The van der Waals surface area contributed by atoms with E-state index in [0.29, 0.717) is 11.7 Å². The van der Waals surface area contributed by atoms with Crippen molar-refractivity contribution < 1.29 is 4.79 Å². The number of carbonyl (C=O) groups is 1. The number of rotatable bonds is 5. The van der Waals surface area contributed by atoms with E-state index in [2.05, 4.69) is 54.8 Å². The summed E-state index contributed by atoms with van der Waals surface area (Å²) in [5, 5.41) is 1.66. The maximum Gasteiger partial charge on any atom is 0.269 e. The van der Waals surface area contributed by atoms with E-state index in [1.54, 1.807) is 22.7 Å². The van der Waals surface area contributed by atoms with Gasteiger partial charge in [0, 0.05) is 18.0 Å². The average Bonchev–Trinajstić information content (AvgIpc) is 3.38. The molecule has 0 atom stereocenters. The zero-order valence-corrected chi connectivity index (χ0v) is 19.9. The topological polar surface area (TPSA) is 35.9 Å². The summed E-state index contributed by atoms with van der Waals surface area (Å²) in [6.45, 7) is 7.17. The molecule has 6 heteroatoms. The summed E-state index contributed by atoms with van der Waals surface area (Å²) < 4.78 is 0. The van der Waals surface area contributed by atoms with Gasteiger partial charge >= 0.3 is 0 Å². The standard InChI is InChI=1S/C27H23N3OS2/c1-3-18-30-25(31)24(26-29(4-2)22-12-8-9-13-23(22)32-26)33-27(30)28-21-16-14-20(15-17-21)19-10-6-5-7-11-19/h3,5-17H,1,4,18H2,2H3. The first-order valence-electron chi connectivity index (χ1n) is 10.8. The van der Waals surface area contributed by atoms with Crippen LogP contribution < -0.4 is 4.90 Å². The predicted molar refractivity (Wildman–Crippen MR) is 141 cm³/mol. The van der Waals surface area contributed by atoms with Gasteiger partial charge in [-0.2, -0.15) is 0 Å². The molecule has 3 aromatic carbocycles. The molecule has 0 bridgehead atoms. The van der Waals surface area contributed by atoms with Crippen LogP contribution in [0.5, 0.6) is 0 Å². The molecule has 0 saturated carbocycles. The van der Waals surface area contributed by atoms with Crippen LogP contribution in [0.4, 0.5) is 11.4 Å². The quantitative estimate of drug-likeness (QED) is 0.301. The molecule has 1 saturated heterocycles. The second kappa shape index (κ2) is 9.33. The number of benzene rings is 3. The number of aliphatic imine (C=N–C) groups is 1. The van der Waals surface area contributed by atoms with Gasteiger partial charge in [0.25, 0.3) is 5.91 Å². The molecular weight excluding hydrogens is 446 g/mol. The van der Waals surface area contributed by atoms with Gasteiger partial charge in [0.15, 0.2) is 5.17 Å². The van der Waals surface area contributed by atoms with E-state index in [1.165, 1.54) is 22.2 Å². The van der Waals surface area contributed by atoms with Crippen LogP contribution >= 0.6 is 23.5 Å². The average molecular weight is 470 g/mol. The molecule has 33 heavy (non-hydrogen) atoms. The third-order valence-electron chi connectivity index (χ3n) is 5.49. The van der Waals surface area contributed by atoms with Crippen LogP contribution in [-0.4, -0.2) is 29.1 Å². The van der Waals surface area contributed by atoms with Crippen molar-refractivity contribution in [3.63, 3.8) is 0 Å². The number of amidine groups is 1. The summed E-state index contributed by atoms with van der Waals surface area (Å²) in [6, 6.07) is 26.7. The molecule has 1 fully saturated rings. The van der Waals surface area contributed by atoms with Crippen LogP contribution in [0.1, 0.15) is 6.92 Å². The highest BCUT2D eigenvalue weighted by Crippen LogP contribution is 2.50. The first-order chi connectivity index (χ1) is 16.2. The number of thioether (sulfide) groups is 2. The van der Waals surface area contributed by atoms with E-state index in [9.17, 15) is 4.79 Å². The summed E-state index contributed by atoms with van der Waals surface area (Å²) >= 11 is 3.10. The van der Waals surface area contributed by atoms with Crippen molar-refractivity contribution in [1.82, 2.24) is 4.90 Å². The Labute approximate surface area is 202 Å². The van der Waals surface area contributed by atoms with Gasteiger partial charge in [-0.1, -0.05) is 72.4 Å². The molecule has 2 aliphatic heterocycles. The Morgan fingerprint density at radius 3 is 2.30 bits per heavy atom. The Hall–Kier alpha value is -3.22. The van der Waals surface area contributed by atoms with Crippen LogP contribution in [0.25, 0.3) is 11.1 Å². The number of amides is 1. The number of anilines is 1. The van der Waals surface area contributed by atoms with Gasteiger partial charge in [-0.05, 0) is 54.1 Å². The highest BCUT2D eigenvalue weighted by Gasteiger charge is 2.39. The molecule has 0 spiro atoms. The zero-order valence-electron chi connectivity index (χ0n) is 18.3. The number of carbonyl (C=O) groups excluding carboxylic acids is 1. The molecule has 0 aromatic heterocycles. The van der Waals surface area contributed by atoms with E-state index in [0.717, 1.165) is 33.4 Å². The molecule has 0 radical (unpaired) electrons. The SMILES string of the molecule is C=CCN1C(=O)C(=C2Sc3ccccc3N2CC)SC1=Nc1ccc(-c2ccccc2)cc1. The van der Waals surface area contributed by atoms with E-state index >= 15 is 0 Å². The van der Waals surface area contributed by atoms with Gasteiger partial charge < -0.3 is 4.90 Å². The minimum atomic E-state index is -0.0201. The minimum Gasteiger partial charge on any atom is -0.334 e. The number of hydrogen-bond donors (Lipinski definition) is 0. The first kappa shape index (κ1) is 21.6. The summed E-state index contributed by atoms with van der Waals surface area (Å²) in [5.74, 6) is -0.0201.